The number of aliphatic hydroxyl groups excluding tert-OH is 1. The zero-order valence-electron chi connectivity index (χ0n) is 10.7. The molecule has 1 fully saturated rings. The Morgan fingerprint density at radius 2 is 2.35 bits per heavy atom. The quantitative estimate of drug-likeness (QED) is 0.827. The molecule has 0 spiro atoms. The minimum atomic E-state index is -0.496. The van der Waals surface area contributed by atoms with E-state index in [1.165, 1.54) is 19.3 Å². The minimum absolute atomic E-state index is 0.320. The average molecular weight is 237 g/mol. The molecule has 4 unspecified atom stereocenters. The average Bonchev–Trinajstić information content (AvgIpc) is 2.90. The lowest BCUT2D eigenvalue weighted by atomic mass is 10.0. The van der Waals surface area contributed by atoms with Crippen LogP contribution in [-0.2, 0) is 0 Å². The summed E-state index contributed by atoms with van der Waals surface area (Å²) in [5.74, 6) is 1.43. The number of hydrogen-bond donors (Lipinski definition) is 2. The zero-order chi connectivity index (χ0) is 12.3. The molecular weight excluding hydrogens is 214 g/mol. The first-order valence-corrected chi connectivity index (χ1v) is 6.64. The Hall–Kier alpha value is -0.800. The fourth-order valence-electron chi connectivity index (χ4n) is 2.76. The summed E-state index contributed by atoms with van der Waals surface area (Å²) in [5.41, 5.74) is 0. The Morgan fingerprint density at radius 3 is 2.94 bits per heavy atom. The molecule has 0 radical (unpaired) electrons. The molecule has 2 N–H and O–H groups in total. The summed E-state index contributed by atoms with van der Waals surface area (Å²) in [6, 6.07) is 4.58. The van der Waals surface area contributed by atoms with Crippen LogP contribution < -0.4 is 5.32 Å². The van der Waals surface area contributed by atoms with E-state index in [-0.39, 0.29) is 0 Å². The topological polar surface area (TPSA) is 45.4 Å². The SMILES string of the molecule is CC(CC(O)c1ccco1)NC1CCCC1C. The Morgan fingerprint density at radius 1 is 1.53 bits per heavy atom. The molecule has 2 rings (SSSR count). The van der Waals surface area contributed by atoms with Crippen molar-refractivity contribution in [2.75, 3.05) is 0 Å². The highest BCUT2D eigenvalue weighted by molar-refractivity contribution is 5.02. The second-order valence-corrected chi connectivity index (χ2v) is 5.35. The van der Waals surface area contributed by atoms with Crippen molar-refractivity contribution in [1.29, 1.82) is 0 Å². The summed E-state index contributed by atoms with van der Waals surface area (Å²) >= 11 is 0. The number of nitrogens with one attached hydrogen (secondary N) is 1. The maximum absolute atomic E-state index is 9.99. The smallest absolute Gasteiger partial charge is 0.132 e. The summed E-state index contributed by atoms with van der Waals surface area (Å²) in [7, 11) is 0. The van der Waals surface area contributed by atoms with Gasteiger partial charge in [-0.2, -0.15) is 0 Å². The normalized spacial score (nSPS) is 28.2. The number of aliphatic hydroxyl groups is 1. The van der Waals surface area contributed by atoms with Gasteiger partial charge in [-0.1, -0.05) is 13.3 Å². The van der Waals surface area contributed by atoms with Crippen LogP contribution in [0.2, 0.25) is 0 Å². The van der Waals surface area contributed by atoms with Crippen LogP contribution in [0.25, 0.3) is 0 Å². The second-order valence-electron chi connectivity index (χ2n) is 5.35. The molecule has 1 aliphatic rings. The van der Waals surface area contributed by atoms with Crippen molar-refractivity contribution in [2.24, 2.45) is 5.92 Å². The molecule has 1 aromatic heterocycles. The molecular formula is C14H23NO2. The lowest BCUT2D eigenvalue weighted by Crippen LogP contribution is -2.38. The van der Waals surface area contributed by atoms with E-state index in [1.807, 2.05) is 12.1 Å². The van der Waals surface area contributed by atoms with E-state index in [9.17, 15) is 5.11 Å². The van der Waals surface area contributed by atoms with Crippen molar-refractivity contribution in [3.05, 3.63) is 24.2 Å². The number of hydrogen-bond acceptors (Lipinski definition) is 3. The van der Waals surface area contributed by atoms with Gasteiger partial charge in [0.25, 0.3) is 0 Å². The van der Waals surface area contributed by atoms with Gasteiger partial charge >= 0.3 is 0 Å². The minimum Gasteiger partial charge on any atom is -0.467 e. The Kier molecular flexibility index (Phi) is 4.24. The van der Waals surface area contributed by atoms with Gasteiger partial charge in [-0.15, -0.1) is 0 Å². The molecule has 17 heavy (non-hydrogen) atoms. The molecule has 0 aromatic carbocycles. The number of furan rings is 1. The van der Waals surface area contributed by atoms with Crippen molar-refractivity contribution < 1.29 is 9.52 Å². The summed E-state index contributed by atoms with van der Waals surface area (Å²) < 4.78 is 5.21. The van der Waals surface area contributed by atoms with Crippen LogP contribution in [-0.4, -0.2) is 17.2 Å². The lowest BCUT2D eigenvalue weighted by molar-refractivity contribution is 0.125. The molecule has 0 aliphatic heterocycles. The van der Waals surface area contributed by atoms with Crippen LogP contribution in [0.5, 0.6) is 0 Å². The van der Waals surface area contributed by atoms with E-state index in [0.717, 1.165) is 5.92 Å². The third-order valence-electron chi connectivity index (χ3n) is 3.81. The van der Waals surface area contributed by atoms with Gasteiger partial charge in [0, 0.05) is 12.1 Å². The van der Waals surface area contributed by atoms with E-state index >= 15 is 0 Å². The molecule has 4 atom stereocenters. The van der Waals surface area contributed by atoms with Crippen molar-refractivity contribution >= 4 is 0 Å². The van der Waals surface area contributed by atoms with Crippen molar-refractivity contribution in [3.63, 3.8) is 0 Å². The highest BCUT2D eigenvalue weighted by Gasteiger charge is 2.25. The molecule has 3 heteroatoms. The lowest BCUT2D eigenvalue weighted by Gasteiger charge is -2.24. The van der Waals surface area contributed by atoms with E-state index in [1.54, 1.807) is 6.26 Å². The third-order valence-corrected chi connectivity index (χ3v) is 3.81. The summed E-state index contributed by atoms with van der Waals surface area (Å²) in [5, 5.41) is 13.6. The molecule has 1 heterocycles. The van der Waals surface area contributed by atoms with E-state index in [0.29, 0.717) is 24.3 Å². The van der Waals surface area contributed by atoms with Crippen LogP contribution in [0.4, 0.5) is 0 Å². The highest BCUT2D eigenvalue weighted by atomic mass is 16.4. The van der Waals surface area contributed by atoms with Crippen LogP contribution in [0, 0.1) is 5.92 Å². The number of rotatable bonds is 5. The van der Waals surface area contributed by atoms with E-state index in [2.05, 4.69) is 19.2 Å². The standard InChI is InChI=1S/C14H23NO2/c1-10-5-3-6-12(10)15-11(2)9-13(16)14-7-4-8-17-14/h4,7-8,10-13,15-16H,3,5-6,9H2,1-2H3. The van der Waals surface area contributed by atoms with Gasteiger partial charge in [0.2, 0.25) is 0 Å². The monoisotopic (exact) mass is 237 g/mol. The predicted molar refractivity (Wildman–Crippen MR) is 67.7 cm³/mol. The molecule has 3 nitrogen and oxygen atoms in total. The summed E-state index contributed by atoms with van der Waals surface area (Å²) in [4.78, 5) is 0. The molecule has 96 valence electrons. The van der Waals surface area contributed by atoms with Crippen molar-refractivity contribution in [3.8, 4) is 0 Å². The summed E-state index contributed by atoms with van der Waals surface area (Å²) in [6.07, 6.45) is 5.73. The Bertz CT molecular complexity index is 323. The van der Waals surface area contributed by atoms with Crippen LogP contribution in [0.3, 0.4) is 0 Å². The molecule has 0 bridgehead atoms. The van der Waals surface area contributed by atoms with Crippen molar-refractivity contribution in [1.82, 2.24) is 5.32 Å². The molecule has 0 amide bonds. The fourth-order valence-corrected chi connectivity index (χ4v) is 2.76. The van der Waals surface area contributed by atoms with Crippen LogP contribution >= 0.6 is 0 Å². The Balaban J connectivity index is 1.79. The van der Waals surface area contributed by atoms with Gasteiger partial charge < -0.3 is 14.8 Å². The van der Waals surface area contributed by atoms with E-state index in [4.69, 9.17) is 4.42 Å². The second kappa shape index (κ2) is 5.69. The fraction of sp³-hybridized carbons (Fsp3) is 0.714. The van der Waals surface area contributed by atoms with Gasteiger partial charge in [-0.05, 0) is 44.2 Å². The predicted octanol–water partition coefficient (Wildman–Crippen LogP) is 2.87. The first kappa shape index (κ1) is 12.7. The molecule has 1 saturated carbocycles. The first-order valence-electron chi connectivity index (χ1n) is 6.64. The third kappa shape index (κ3) is 3.33. The highest BCUT2D eigenvalue weighted by Crippen LogP contribution is 2.26. The van der Waals surface area contributed by atoms with E-state index < -0.39 is 6.10 Å². The van der Waals surface area contributed by atoms with Gasteiger partial charge in [-0.3, -0.25) is 0 Å². The maximum atomic E-state index is 9.99. The van der Waals surface area contributed by atoms with Crippen LogP contribution in [0.1, 0.15) is 51.4 Å². The van der Waals surface area contributed by atoms with Gasteiger partial charge in [0.05, 0.1) is 6.26 Å². The Labute approximate surface area is 103 Å². The zero-order valence-corrected chi connectivity index (χ0v) is 10.7. The van der Waals surface area contributed by atoms with Gasteiger partial charge in [0.1, 0.15) is 11.9 Å². The maximum Gasteiger partial charge on any atom is 0.132 e. The largest absolute Gasteiger partial charge is 0.467 e. The molecule has 1 aliphatic carbocycles. The molecule has 0 saturated heterocycles. The van der Waals surface area contributed by atoms with Gasteiger partial charge in [-0.25, -0.2) is 0 Å². The summed E-state index contributed by atoms with van der Waals surface area (Å²) in [6.45, 7) is 4.44. The first-order chi connectivity index (χ1) is 8.16. The molecule has 1 aromatic rings. The van der Waals surface area contributed by atoms with Gasteiger partial charge in [0.15, 0.2) is 0 Å². The van der Waals surface area contributed by atoms with Crippen molar-refractivity contribution in [2.45, 2.75) is 57.7 Å². The van der Waals surface area contributed by atoms with Crippen LogP contribution in [0.15, 0.2) is 22.8 Å².